The number of furan rings is 1. The highest BCUT2D eigenvalue weighted by Crippen LogP contribution is 2.26. The molecule has 2 rings (SSSR count). The highest BCUT2D eigenvalue weighted by atomic mass is 35.5. The Morgan fingerprint density at radius 1 is 1.48 bits per heavy atom. The minimum atomic E-state index is -3.79. The van der Waals surface area contributed by atoms with Gasteiger partial charge in [0, 0.05) is 6.04 Å². The molecule has 2 atom stereocenters. The van der Waals surface area contributed by atoms with Gasteiger partial charge in [0.15, 0.2) is 0 Å². The van der Waals surface area contributed by atoms with Crippen molar-refractivity contribution in [2.24, 2.45) is 11.7 Å². The average molecular weight is 339 g/mol. The number of methoxy groups -OCH3 is 1. The van der Waals surface area contributed by atoms with Gasteiger partial charge in [-0.2, -0.15) is 0 Å². The van der Waals surface area contributed by atoms with Crippen molar-refractivity contribution in [2.75, 3.05) is 13.7 Å². The minimum absolute atomic E-state index is 0. The number of esters is 1. The fraction of sp³-hybridized carbons (Fsp3) is 0.583. The molecule has 1 heterocycles. The van der Waals surface area contributed by atoms with Crippen molar-refractivity contribution in [2.45, 2.75) is 30.4 Å². The number of carbonyl (C=O) groups is 1. The highest BCUT2D eigenvalue weighted by Gasteiger charge is 2.32. The second-order valence-corrected chi connectivity index (χ2v) is 6.41. The summed E-state index contributed by atoms with van der Waals surface area (Å²) in [4.78, 5) is 11.2. The van der Waals surface area contributed by atoms with E-state index in [0.717, 1.165) is 19.3 Å². The second kappa shape index (κ2) is 7.26. The lowest BCUT2D eigenvalue weighted by atomic mass is 10.1. The van der Waals surface area contributed by atoms with Crippen LogP contribution < -0.4 is 10.5 Å². The number of hydrogen-bond acceptors (Lipinski definition) is 6. The van der Waals surface area contributed by atoms with E-state index in [9.17, 15) is 13.2 Å². The monoisotopic (exact) mass is 338 g/mol. The van der Waals surface area contributed by atoms with Crippen LogP contribution in [0.5, 0.6) is 0 Å². The molecule has 1 aliphatic rings. The predicted octanol–water partition coefficient (Wildman–Crippen LogP) is 0.894. The Morgan fingerprint density at radius 2 is 2.19 bits per heavy atom. The summed E-state index contributed by atoms with van der Waals surface area (Å²) < 4.78 is 36.4. The molecule has 7 nitrogen and oxygen atoms in total. The average Bonchev–Trinajstić information content (AvgIpc) is 3.06. The first-order chi connectivity index (χ1) is 9.47. The summed E-state index contributed by atoms with van der Waals surface area (Å²) in [5.41, 5.74) is 5.62. The molecule has 3 N–H and O–H groups in total. The Bertz CT molecular complexity index is 586. The van der Waals surface area contributed by atoms with Gasteiger partial charge in [0.05, 0.1) is 7.11 Å². The van der Waals surface area contributed by atoms with Crippen molar-refractivity contribution in [3.8, 4) is 0 Å². The minimum Gasteiger partial charge on any atom is -0.463 e. The summed E-state index contributed by atoms with van der Waals surface area (Å²) >= 11 is 0. The SMILES string of the molecule is COC(=O)c1ccc(S(=O)(=O)NC2CCCC2CN)o1.Cl. The van der Waals surface area contributed by atoms with Crippen molar-refractivity contribution in [3.05, 3.63) is 17.9 Å². The molecular weight excluding hydrogens is 320 g/mol. The van der Waals surface area contributed by atoms with Crippen molar-refractivity contribution in [1.29, 1.82) is 0 Å². The summed E-state index contributed by atoms with van der Waals surface area (Å²) in [6.07, 6.45) is 2.61. The normalized spacial score (nSPS) is 21.8. The molecule has 1 fully saturated rings. The van der Waals surface area contributed by atoms with Crippen LogP contribution in [-0.2, 0) is 14.8 Å². The van der Waals surface area contributed by atoms with Crippen LogP contribution in [0, 0.1) is 5.92 Å². The lowest BCUT2D eigenvalue weighted by Crippen LogP contribution is -2.39. The number of nitrogens with one attached hydrogen (secondary N) is 1. The smallest absolute Gasteiger partial charge is 0.374 e. The maximum atomic E-state index is 12.2. The van der Waals surface area contributed by atoms with Crippen LogP contribution in [0.3, 0.4) is 0 Å². The van der Waals surface area contributed by atoms with E-state index in [1.807, 2.05) is 0 Å². The van der Waals surface area contributed by atoms with E-state index in [0.29, 0.717) is 6.54 Å². The van der Waals surface area contributed by atoms with Gasteiger partial charge in [-0.1, -0.05) is 6.42 Å². The van der Waals surface area contributed by atoms with Gasteiger partial charge in [0.2, 0.25) is 10.9 Å². The molecule has 9 heteroatoms. The number of ether oxygens (including phenoxy) is 1. The van der Waals surface area contributed by atoms with Crippen LogP contribution in [0.1, 0.15) is 29.8 Å². The zero-order valence-corrected chi connectivity index (χ0v) is 13.2. The fourth-order valence-electron chi connectivity index (χ4n) is 2.41. The van der Waals surface area contributed by atoms with Gasteiger partial charge in [0.25, 0.3) is 10.0 Å². The molecule has 0 bridgehead atoms. The maximum Gasteiger partial charge on any atom is 0.374 e. The second-order valence-electron chi connectivity index (χ2n) is 4.76. The van der Waals surface area contributed by atoms with Gasteiger partial charge in [0.1, 0.15) is 0 Å². The van der Waals surface area contributed by atoms with Crippen molar-refractivity contribution >= 4 is 28.4 Å². The first kappa shape index (κ1) is 18.0. The molecule has 0 spiro atoms. The molecule has 1 saturated carbocycles. The van der Waals surface area contributed by atoms with Gasteiger partial charge in [-0.3, -0.25) is 0 Å². The van der Waals surface area contributed by atoms with E-state index >= 15 is 0 Å². The first-order valence-corrected chi connectivity index (χ1v) is 7.87. The summed E-state index contributed by atoms with van der Waals surface area (Å²) in [5, 5.41) is -0.291. The number of nitrogens with two attached hydrogens (primary N) is 1. The van der Waals surface area contributed by atoms with E-state index in [1.165, 1.54) is 19.2 Å². The standard InChI is InChI=1S/C12H18N2O5S.ClH/c1-18-12(15)10-5-6-11(19-10)20(16,17)14-9-4-2-3-8(9)7-13;/h5-6,8-9,14H,2-4,7,13H2,1H3;1H. The third kappa shape index (κ3) is 3.97. The third-order valence-electron chi connectivity index (χ3n) is 3.50. The molecule has 1 aromatic rings. The van der Waals surface area contributed by atoms with Gasteiger partial charge in [-0.25, -0.2) is 17.9 Å². The molecule has 0 aliphatic heterocycles. The van der Waals surface area contributed by atoms with E-state index < -0.39 is 16.0 Å². The Kier molecular flexibility index (Phi) is 6.21. The lowest BCUT2D eigenvalue weighted by molar-refractivity contribution is 0.0559. The third-order valence-corrected chi connectivity index (χ3v) is 4.86. The number of rotatable bonds is 5. The number of sulfonamides is 1. The molecule has 21 heavy (non-hydrogen) atoms. The van der Waals surface area contributed by atoms with Crippen molar-refractivity contribution in [3.63, 3.8) is 0 Å². The Balaban J connectivity index is 0.00000220. The Morgan fingerprint density at radius 3 is 2.81 bits per heavy atom. The first-order valence-electron chi connectivity index (χ1n) is 6.38. The van der Waals surface area contributed by atoms with Crippen LogP contribution >= 0.6 is 12.4 Å². The van der Waals surface area contributed by atoms with Gasteiger partial charge in [-0.05, 0) is 37.4 Å². The molecule has 0 amide bonds. The van der Waals surface area contributed by atoms with Gasteiger partial charge >= 0.3 is 5.97 Å². The van der Waals surface area contributed by atoms with Crippen molar-refractivity contribution < 1.29 is 22.4 Å². The van der Waals surface area contributed by atoms with Crippen LogP contribution in [0.15, 0.2) is 21.6 Å². The van der Waals surface area contributed by atoms with Crippen LogP contribution in [-0.4, -0.2) is 34.1 Å². The maximum absolute atomic E-state index is 12.2. The summed E-state index contributed by atoms with van der Waals surface area (Å²) in [6.45, 7) is 0.443. The zero-order chi connectivity index (χ0) is 14.8. The molecular formula is C12H19ClN2O5S. The molecule has 1 aliphatic carbocycles. The number of hydrogen-bond donors (Lipinski definition) is 2. The van der Waals surface area contributed by atoms with E-state index in [2.05, 4.69) is 9.46 Å². The van der Waals surface area contributed by atoms with Crippen LogP contribution in [0.25, 0.3) is 0 Å². The van der Waals surface area contributed by atoms with Gasteiger partial charge < -0.3 is 14.9 Å². The molecule has 0 aromatic carbocycles. The van der Waals surface area contributed by atoms with Crippen molar-refractivity contribution in [1.82, 2.24) is 4.72 Å². The van der Waals surface area contributed by atoms with E-state index in [1.54, 1.807) is 0 Å². The fourth-order valence-corrected chi connectivity index (χ4v) is 3.68. The summed E-state index contributed by atoms with van der Waals surface area (Å²) in [5.74, 6) is -0.721. The molecule has 2 unspecified atom stereocenters. The topological polar surface area (TPSA) is 112 Å². The summed E-state index contributed by atoms with van der Waals surface area (Å²) in [6, 6.07) is 2.33. The largest absolute Gasteiger partial charge is 0.463 e. The van der Waals surface area contributed by atoms with Crippen LogP contribution in [0.4, 0.5) is 0 Å². The summed E-state index contributed by atoms with van der Waals surface area (Å²) in [7, 11) is -2.59. The number of carbonyl (C=O) groups excluding carboxylic acids is 1. The highest BCUT2D eigenvalue weighted by molar-refractivity contribution is 7.89. The van der Waals surface area contributed by atoms with Gasteiger partial charge in [-0.15, -0.1) is 12.4 Å². The Hall–Kier alpha value is -1.09. The molecule has 120 valence electrons. The quantitative estimate of drug-likeness (QED) is 0.771. The molecule has 0 radical (unpaired) electrons. The lowest BCUT2D eigenvalue weighted by Gasteiger charge is -2.18. The van der Waals surface area contributed by atoms with Crippen LogP contribution in [0.2, 0.25) is 0 Å². The molecule has 0 saturated heterocycles. The van der Waals surface area contributed by atoms with E-state index in [4.69, 9.17) is 10.2 Å². The Labute approximate surface area is 129 Å². The zero-order valence-electron chi connectivity index (χ0n) is 11.6. The number of halogens is 1. The molecule has 1 aromatic heterocycles. The van der Waals surface area contributed by atoms with E-state index in [-0.39, 0.29) is 35.2 Å². The predicted molar refractivity (Wildman–Crippen MR) is 77.8 cm³/mol.